The summed E-state index contributed by atoms with van der Waals surface area (Å²) in [5.41, 5.74) is 0.685. The zero-order chi connectivity index (χ0) is 28.1. The van der Waals surface area contributed by atoms with Crippen molar-refractivity contribution in [3.63, 3.8) is 0 Å². The fourth-order valence-corrected chi connectivity index (χ4v) is 4.24. The number of esters is 2. The number of benzene rings is 2. The molecule has 0 amide bonds. The van der Waals surface area contributed by atoms with Crippen molar-refractivity contribution < 1.29 is 28.2 Å². The highest BCUT2D eigenvalue weighted by Crippen LogP contribution is 2.18. The molecular weight excluding hydrogens is 495 g/mol. The van der Waals surface area contributed by atoms with Crippen LogP contribution in [-0.2, 0) is 4.74 Å². The molecule has 1 atom stereocenters. The van der Waals surface area contributed by atoms with E-state index in [-0.39, 0.29) is 12.2 Å². The van der Waals surface area contributed by atoms with E-state index >= 15 is 0 Å². The van der Waals surface area contributed by atoms with Gasteiger partial charge in [-0.3, -0.25) is 0 Å². The summed E-state index contributed by atoms with van der Waals surface area (Å²) in [7, 11) is 0. The lowest BCUT2D eigenvalue weighted by atomic mass is 10.1. The second kappa shape index (κ2) is 20.1. The molecule has 0 spiro atoms. The van der Waals surface area contributed by atoms with Gasteiger partial charge in [-0.15, -0.1) is 0 Å². The van der Waals surface area contributed by atoms with E-state index in [9.17, 15) is 14.0 Å². The summed E-state index contributed by atoms with van der Waals surface area (Å²) in [5.74, 6) is -0.0605. The normalized spacial score (nSPS) is 11.7. The predicted octanol–water partition coefficient (Wildman–Crippen LogP) is 9.28. The van der Waals surface area contributed by atoms with Gasteiger partial charge in [0.25, 0.3) is 0 Å². The average molecular weight is 543 g/mol. The summed E-state index contributed by atoms with van der Waals surface area (Å²) in [4.78, 5) is 24.7. The van der Waals surface area contributed by atoms with Gasteiger partial charge in [0.05, 0.1) is 17.7 Å². The first-order valence-electron chi connectivity index (χ1n) is 14.9. The van der Waals surface area contributed by atoms with Gasteiger partial charge in [0.15, 0.2) is 0 Å². The smallest absolute Gasteiger partial charge is 0.343 e. The van der Waals surface area contributed by atoms with E-state index in [2.05, 4.69) is 13.8 Å². The lowest BCUT2D eigenvalue weighted by Crippen LogP contribution is -2.15. The van der Waals surface area contributed by atoms with Gasteiger partial charge < -0.3 is 14.2 Å². The van der Waals surface area contributed by atoms with Gasteiger partial charge in [-0.1, -0.05) is 90.9 Å². The van der Waals surface area contributed by atoms with E-state index in [0.29, 0.717) is 24.3 Å². The zero-order valence-corrected chi connectivity index (χ0v) is 23.9. The molecule has 0 aliphatic rings. The Bertz CT molecular complexity index is 926. The molecule has 0 saturated heterocycles. The first-order chi connectivity index (χ1) is 19.0. The summed E-state index contributed by atoms with van der Waals surface area (Å²) < 4.78 is 30.3. The molecule has 6 heteroatoms. The number of unbranched alkanes of at least 4 members (excludes halogenated alkanes) is 11. The molecule has 0 aromatic heterocycles. The number of hydrogen-bond acceptors (Lipinski definition) is 5. The van der Waals surface area contributed by atoms with Crippen LogP contribution >= 0.6 is 0 Å². The highest BCUT2D eigenvalue weighted by Gasteiger charge is 2.14. The molecule has 2 rings (SSSR count). The van der Waals surface area contributed by atoms with Crippen molar-refractivity contribution in [3.05, 3.63) is 59.7 Å². The van der Waals surface area contributed by atoms with Crippen LogP contribution in [0.5, 0.6) is 11.5 Å². The summed E-state index contributed by atoms with van der Waals surface area (Å²) in [6.45, 7) is 4.81. The van der Waals surface area contributed by atoms with E-state index in [0.717, 1.165) is 31.4 Å². The Morgan fingerprint density at radius 2 is 1.13 bits per heavy atom. The predicted molar refractivity (Wildman–Crippen MR) is 155 cm³/mol. The molecule has 0 saturated carbocycles. The number of carbonyl (C=O) groups excluding carboxylic acids is 2. The fourth-order valence-electron chi connectivity index (χ4n) is 4.24. The summed E-state index contributed by atoms with van der Waals surface area (Å²) in [5, 5.41) is 0. The lowest BCUT2D eigenvalue weighted by molar-refractivity contribution is 0.0389. The van der Waals surface area contributed by atoms with Crippen molar-refractivity contribution in [1.29, 1.82) is 0 Å². The van der Waals surface area contributed by atoms with Crippen LogP contribution in [0.3, 0.4) is 0 Å². The first-order valence-corrected chi connectivity index (χ1v) is 14.9. The van der Waals surface area contributed by atoms with Gasteiger partial charge >= 0.3 is 11.9 Å². The van der Waals surface area contributed by atoms with Gasteiger partial charge in [0.1, 0.15) is 24.3 Å². The molecule has 0 heterocycles. The van der Waals surface area contributed by atoms with E-state index < -0.39 is 18.1 Å². The van der Waals surface area contributed by atoms with E-state index in [4.69, 9.17) is 14.2 Å². The van der Waals surface area contributed by atoms with Crippen molar-refractivity contribution in [1.82, 2.24) is 0 Å². The summed E-state index contributed by atoms with van der Waals surface area (Å²) in [6, 6.07) is 12.9. The van der Waals surface area contributed by atoms with E-state index in [1.54, 1.807) is 24.3 Å². The van der Waals surface area contributed by atoms with Crippen molar-refractivity contribution >= 4 is 11.9 Å². The maximum atomic E-state index is 14.0. The molecule has 0 aliphatic carbocycles. The molecule has 216 valence electrons. The number of halogens is 1. The summed E-state index contributed by atoms with van der Waals surface area (Å²) in [6.07, 6.45) is 14.4. The van der Waals surface area contributed by atoms with Crippen LogP contribution in [-0.4, -0.2) is 31.3 Å². The molecule has 2 aromatic rings. The largest absolute Gasteiger partial charge is 0.494 e. The Morgan fingerprint density at radius 3 is 1.72 bits per heavy atom. The van der Waals surface area contributed by atoms with Crippen LogP contribution in [0.2, 0.25) is 0 Å². The number of hydrogen-bond donors (Lipinski definition) is 0. The monoisotopic (exact) mass is 542 g/mol. The minimum absolute atomic E-state index is 0.247. The van der Waals surface area contributed by atoms with Crippen LogP contribution < -0.4 is 9.47 Å². The molecule has 0 bridgehead atoms. The second-order valence-electron chi connectivity index (χ2n) is 10.2. The van der Waals surface area contributed by atoms with Crippen LogP contribution in [0.15, 0.2) is 48.5 Å². The van der Waals surface area contributed by atoms with Gasteiger partial charge in [-0.2, -0.15) is 0 Å². The minimum Gasteiger partial charge on any atom is -0.494 e. The van der Waals surface area contributed by atoms with Crippen molar-refractivity contribution in [2.75, 3.05) is 13.2 Å². The Hall–Kier alpha value is -2.89. The fraction of sp³-hybridized carbons (Fsp3) is 0.576. The Morgan fingerprint density at radius 1 is 0.641 bits per heavy atom. The molecular formula is C33H47FO5. The van der Waals surface area contributed by atoms with Crippen LogP contribution in [0, 0.1) is 0 Å². The van der Waals surface area contributed by atoms with Crippen LogP contribution in [0.25, 0.3) is 0 Å². The molecule has 0 N–H and O–H groups in total. The summed E-state index contributed by atoms with van der Waals surface area (Å²) >= 11 is 0. The Balaban J connectivity index is 1.66. The van der Waals surface area contributed by atoms with E-state index in [1.165, 1.54) is 82.1 Å². The van der Waals surface area contributed by atoms with Crippen molar-refractivity contribution in [2.24, 2.45) is 0 Å². The second-order valence-corrected chi connectivity index (χ2v) is 10.2. The Kier molecular flexibility index (Phi) is 16.6. The SMILES string of the molecule is CCCCCCCCCOc1ccc(C(=O)Oc2ccc(C(=O)OCC(F)CCCCCCCC)cc2)cc1. The third kappa shape index (κ3) is 14.2. The molecule has 2 aromatic carbocycles. The molecule has 0 radical (unpaired) electrons. The third-order valence-electron chi connectivity index (χ3n) is 6.67. The molecule has 0 aliphatic heterocycles. The highest BCUT2D eigenvalue weighted by atomic mass is 19.1. The highest BCUT2D eigenvalue weighted by molar-refractivity contribution is 5.92. The number of rotatable bonds is 21. The number of carbonyl (C=O) groups is 2. The maximum Gasteiger partial charge on any atom is 0.343 e. The molecule has 0 fully saturated rings. The Labute approximate surface area is 234 Å². The third-order valence-corrected chi connectivity index (χ3v) is 6.67. The minimum atomic E-state index is -1.16. The first kappa shape index (κ1) is 32.3. The number of ether oxygens (including phenoxy) is 3. The quantitative estimate of drug-likeness (QED) is 0.0893. The molecule has 39 heavy (non-hydrogen) atoms. The topological polar surface area (TPSA) is 61.8 Å². The zero-order valence-electron chi connectivity index (χ0n) is 23.9. The lowest BCUT2D eigenvalue weighted by Gasteiger charge is -2.10. The molecule has 5 nitrogen and oxygen atoms in total. The maximum absolute atomic E-state index is 14.0. The standard InChI is InChI=1S/C33H47FO5/c1-3-5-7-9-11-13-15-25-37-30-21-17-28(18-22-30)33(36)39-31-23-19-27(20-24-31)32(35)38-26-29(34)16-14-12-10-8-6-4-2/h17-24,29H,3-16,25-26H2,1-2H3. The van der Waals surface area contributed by atoms with Gasteiger partial charge in [-0.05, 0) is 61.4 Å². The van der Waals surface area contributed by atoms with Crippen molar-refractivity contribution in [2.45, 2.75) is 110 Å². The van der Waals surface area contributed by atoms with Gasteiger partial charge in [0.2, 0.25) is 0 Å². The van der Waals surface area contributed by atoms with Gasteiger partial charge in [0, 0.05) is 0 Å². The average Bonchev–Trinajstić information content (AvgIpc) is 2.95. The van der Waals surface area contributed by atoms with Crippen LogP contribution in [0.1, 0.15) is 124 Å². The van der Waals surface area contributed by atoms with Crippen molar-refractivity contribution in [3.8, 4) is 11.5 Å². The van der Waals surface area contributed by atoms with Crippen LogP contribution in [0.4, 0.5) is 4.39 Å². The van der Waals surface area contributed by atoms with Gasteiger partial charge in [-0.25, -0.2) is 14.0 Å². The number of alkyl halides is 1. The van der Waals surface area contributed by atoms with E-state index in [1.807, 2.05) is 0 Å². The molecule has 1 unspecified atom stereocenters.